The van der Waals surface area contributed by atoms with Gasteiger partial charge in [-0.2, -0.15) is 0 Å². The molecule has 2 rings (SSSR count). The van der Waals surface area contributed by atoms with Crippen LogP contribution in [0, 0.1) is 13.8 Å². The van der Waals surface area contributed by atoms with E-state index in [4.69, 9.17) is 4.74 Å². The first-order valence-electron chi connectivity index (χ1n) is 6.52. The molecule has 2 heteroatoms. The fourth-order valence-electron chi connectivity index (χ4n) is 2.45. The minimum atomic E-state index is -0.603. The van der Waals surface area contributed by atoms with E-state index >= 15 is 0 Å². The van der Waals surface area contributed by atoms with Gasteiger partial charge in [-0.3, -0.25) is 0 Å². The zero-order valence-electron chi connectivity index (χ0n) is 10.8. The van der Waals surface area contributed by atoms with Crippen molar-refractivity contribution >= 4 is 0 Å². The Morgan fingerprint density at radius 3 is 2.59 bits per heavy atom. The highest BCUT2D eigenvalue weighted by Gasteiger charge is 2.30. The highest BCUT2D eigenvalue weighted by Crippen LogP contribution is 2.29. The van der Waals surface area contributed by atoms with Gasteiger partial charge >= 0.3 is 0 Å². The fraction of sp³-hybridized carbons (Fsp3) is 0.600. The van der Waals surface area contributed by atoms with Crippen LogP contribution in [0.1, 0.15) is 43.2 Å². The van der Waals surface area contributed by atoms with Crippen molar-refractivity contribution < 1.29 is 9.84 Å². The van der Waals surface area contributed by atoms with Gasteiger partial charge in [0.05, 0.1) is 5.60 Å². The van der Waals surface area contributed by atoms with E-state index in [1.165, 1.54) is 17.5 Å². The molecule has 0 amide bonds. The van der Waals surface area contributed by atoms with E-state index in [0.717, 1.165) is 31.4 Å². The van der Waals surface area contributed by atoms with Crippen molar-refractivity contribution in [3.05, 3.63) is 29.3 Å². The van der Waals surface area contributed by atoms with E-state index in [-0.39, 0.29) is 0 Å². The van der Waals surface area contributed by atoms with Crippen molar-refractivity contribution in [3.8, 4) is 5.75 Å². The Hall–Kier alpha value is -1.02. The van der Waals surface area contributed by atoms with Crippen LogP contribution < -0.4 is 4.74 Å². The summed E-state index contributed by atoms with van der Waals surface area (Å²) in [6.45, 7) is 4.57. The summed E-state index contributed by atoms with van der Waals surface area (Å²) in [6, 6.07) is 6.06. The maximum absolute atomic E-state index is 10.4. The second-order valence-electron chi connectivity index (χ2n) is 5.27. The molecule has 1 N–H and O–H groups in total. The Kier molecular flexibility index (Phi) is 3.72. The first-order valence-corrected chi connectivity index (χ1v) is 6.52. The third-order valence-electron chi connectivity index (χ3n) is 3.84. The highest BCUT2D eigenvalue weighted by molar-refractivity contribution is 5.38. The summed E-state index contributed by atoms with van der Waals surface area (Å²) in [4.78, 5) is 0. The van der Waals surface area contributed by atoms with Gasteiger partial charge < -0.3 is 9.84 Å². The molecule has 2 nitrogen and oxygen atoms in total. The van der Waals surface area contributed by atoms with Crippen molar-refractivity contribution in [1.29, 1.82) is 0 Å². The molecule has 0 heterocycles. The molecule has 0 radical (unpaired) electrons. The van der Waals surface area contributed by atoms with Crippen LogP contribution in [0.3, 0.4) is 0 Å². The Balaban J connectivity index is 1.99. The van der Waals surface area contributed by atoms with Crippen LogP contribution in [0.4, 0.5) is 0 Å². The van der Waals surface area contributed by atoms with Gasteiger partial charge in [-0.1, -0.05) is 31.4 Å². The van der Waals surface area contributed by atoms with Crippen molar-refractivity contribution in [2.24, 2.45) is 0 Å². The van der Waals surface area contributed by atoms with Gasteiger partial charge in [0, 0.05) is 0 Å². The minimum Gasteiger partial charge on any atom is -0.490 e. The molecule has 0 bridgehead atoms. The minimum absolute atomic E-state index is 0.428. The third-order valence-corrected chi connectivity index (χ3v) is 3.84. The predicted molar refractivity (Wildman–Crippen MR) is 69.4 cm³/mol. The van der Waals surface area contributed by atoms with E-state index in [9.17, 15) is 5.11 Å². The van der Waals surface area contributed by atoms with Gasteiger partial charge in [0.25, 0.3) is 0 Å². The predicted octanol–water partition coefficient (Wildman–Crippen LogP) is 3.38. The summed E-state index contributed by atoms with van der Waals surface area (Å²) in [6.07, 6.45) is 5.22. The maximum Gasteiger partial charge on any atom is 0.122 e. The van der Waals surface area contributed by atoms with Crippen LogP contribution in [0.15, 0.2) is 18.2 Å². The van der Waals surface area contributed by atoms with E-state index in [2.05, 4.69) is 19.9 Å². The third kappa shape index (κ3) is 3.01. The Morgan fingerprint density at radius 2 is 1.88 bits per heavy atom. The van der Waals surface area contributed by atoms with Gasteiger partial charge in [0.2, 0.25) is 0 Å². The molecule has 1 saturated carbocycles. The summed E-state index contributed by atoms with van der Waals surface area (Å²) in [7, 11) is 0. The monoisotopic (exact) mass is 234 g/mol. The lowest BCUT2D eigenvalue weighted by Crippen LogP contribution is -2.38. The molecule has 0 aliphatic heterocycles. The van der Waals surface area contributed by atoms with Gasteiger partial charge in [-0.05, 0) is 43.9 Å². The van der Waals surface area contributed by atoms with Crippen molar-refractivity contribution in [3.63, 3.8) is 0 Å². The van der Waals surface area contributed by atoms with Gasteiger partial charge in [-0.25, -0.2) is 0 Å². The van der Waals surface area contributed by atoms with Crippen LogP contribution in [0.2, 0.25) is 0 Å². The first-order chi connectivity index (χ1) is 8.11. The number of benzene rings is 1. The topological polar surface area (TPSA) is 29.5 Å². The second kappa shape index (κ2) is 5.09. The molecule has 94 valence electrons. The summed E-state index contributed by atoms with van der Waals surface area (Å²) < 4.78 is 5.81. The molecule has 0 saturated heterocycles. The summed E-state index contributed by atoms with van der Waals surface area (Å²) in [5.74, 6) is 0.906. The number of aliphatic hydroxyl groups is 1. The fourth-order valence-corrected chi connectivity index (χ4v) is 2.45. The van der Waals surface area contributed by atoms with E-state index in [1.807, 2.05) is 12.1 Å². The SMILES string of the molecule is Cc1cccc(OCC2(O)CCCCC2)c1C. The van der Waals surface area contributed by atoms with Crippen molar-refractivity contribution in [2.75, 3.05) is 6.61 Å². The smallest absolute Gasteiger partial charge is 0.122 e. The Bertz CT molecular complexity index is 379. The number of rotatable bonds is 3. The average molecular weight is 234 g/mol. The maximum atomic E-state index is 10.4. The molecule has 1 aliphatic rings. The summed E-state index contributed by atoms with van der Waals surface area (Å²) in [5, 5.41) is 10.4. The number of hydrogen-bond acceptors (Lipinski definition) is 2. The molecule has 0 unspecified atom stereocenters. The molecule has 1 aromatic carbocycles. The largest absolute Gasteiger partial charge is 0.490 e. The van der Waals surface area contributed by atoms with Crippen LogP contribution in [-0.4, -0.2) is 17.3 Å². The standard InChI is InChI=1S/C15H22O2/c1-12-7-6-8-14(13(12)2)17-11-15(16)9-4-3-5-10-15/h6-8,16H,3-5,9-11H2,1-2H3. The highest BCUT2D eigenvalue weighted by atomic mass is 16.5. The van der Waals surface area contributed by atoms with E-state index in [1.54, 1.807) is 0 Å². The Labute approximate surface area is 104 Å². The molecular weight excluding hydrogens is 212 g/mol. The average Bonchev–Trinajstić information content (AvgIpc) is 2.32. The molecule has 0 spiro atoms. The lowest BCUT2D eigenvalue weighted by molar-refractivity contribution is -0.0340. The van der Waals surface area contributed by atoms with Gasteiger partial charge in [0.15, 0.2) is 0 Å². The van der Waals surface area contributed by atoms with Crippen molar-refractivity contribution in [2.45, 2.75) is 51.6 Å². The van der Waals surface area contributed by atoms with Crippen molar-refractivity contribution in [1.82, 2.24) is 0 Å². The molecule has 0 atom stereocenters. The van der Waals surface area contributed by atoms with Gasteiger partial charge in [-0.15, -0.1) is 0 Å². The van der Waals surface area contributed by atoms with Gasteiger partial charge in [0.1, 0.15) is 12.4 Å². The van der Waals surface area contributed by atoms with Crippen LogP contribution in [0.25, 0.3) is 0 Å². The molecule has 1 aliphatic carbocycles. The Morgan fingerprint density at radius 1 is 1.18 bits per heavy atom. The molecule has 1 aromatic rings. The number of hydrogen-bond donors (Lipinski definition) is 1. The first kappa shape index (κ1) is 12.4. The lowest BCUT2D eigenvalue weighted by Gasteiger charge is -2.32. The molecular formula is C15H22O2. The lowest BCUT2D eigenvalue weighted by atomic mass is 9.85. The number of ether oxygens (including phenoxy) is 1. The number of aryl methyl sites for hydroxylation is 1. The molecule has 0 aromatic heterocycles. The second-order valence-corrected chi connectivity index (χ2v) is 5.27. The normalized spacial score (nSPS) is 19.0. The quantitative estimate of drug-likeness (QED) is 0.868. The van der Waals surface area contributed by atoms with Crippen LogP contribution >= 0.6 is 0 Å². The molecule has 1 fully saturated rings. The van der Waals surface area contributed by atoms with Crippen LogP contribution in [0.5, 0.6) is 5.75 Å². The molecule has 17 heavy (non-hydrogen) atoms. The van der Waals surface area contributed by atoms with E-state index in [0.29, 0.717) is 6.61 Å². The van der Waals surface area contributed by atoms with E-state index < -0.39 is 5.60 Å². The summed E-state index contributed by atoms with van der Waals surface area (Å²) in [5.41, 5.74) is 1.80. The zero-order chi connectivity index (χ0) is 12.3. The van der Waals surface area contributed by atoms with Crippen LogP contribution in [-0.2, 0) is 0 Å². The summed E-state index contributed by atoms with van der Waals surface area (Å²) >= 11 is 0. The zero-order valence-corrected chi connectivity index (χ0v) is 10.8.